The summed E-state index contributed by atoms with van der Waals surface area (Å²) in [6, 6.07) is 8.25. The molecule has 0 heterocycles. The van der Waals surface area contributed by atoms with Gasteiger partial charge in [0.05, 0.1) is 6.61 Å². The minimum atomic E-state index is -1.50. The maximum absolute atomic E-state index is 14.1. The topological polar surface area (TPSA) is 61.8 Å². The van der Waals surface area contributed by atoms with E-state index >= 15 is 0 Å². The maximum Gasteiger partial charge on any atom is 0.340 e. The van der Waals surface area contributed by atoms with Crippen LogP contribution in [0.4, 0.5) is 8.78 Å². The largest absolute Gasteiger partial charge is 0.493 e. The van der Waals surface area contributed by atoms with Crippen molar-refractivity contribution in [1.29, 1.82) is 0 Å². The summed E-state index contributed by atoms with van der Waals surface area (Å²) in [6.07, 6.45) is 9.13. The van der Waals surface area contributed by atoms with Crippen LogP contribution in [0.1, 0.15) is 128 Å². The van der Waals surface area contributed by atoms with E-state index in [-0.39, 0.29) is 25.0 Å². The van der Waals surface area contributed by atoms with Gasteiger partial charge in [-0.1, -0.05) is 51.7 Å². The average molecular weight is 565 g/mol. The van der Waals surface area contributed by atoms with Crippen LogP contribution in [0.3, 0.4) is 0 Å². The van der Waals surface area contributed by atoms with Crippen LogP contribution in [0, 0.1) is 5.92 Å². The molecule has 0 aliphatic heterocycles. The van der Waals surface area contributed by atoms with Crippen LogP contribution in [0.2, 0.25) is 0 Å². The minimum absolute atomic E-state index is 0.182. The van der Waals surface area contributed by atoms with Crippen molar-refractivity contribution >= 4 is 11.9 Å². The predicted octanol–water partition coefficient (Wildman–Crippen LogP) is 8.57. The zero-order valence-electron chi connectivity index (χ0n) is 24.6. The standard InChI is InChI=1S/C33H50F2O5/c1-3-5-7-9-30(34)32(36)39-28-17-11-24(12-18-28)23-38-27-19-13-25(14-20-27)26-15-21-29(22-16-26)40-33(37)31(35)10-8-6-4-2/h13-14,19-20,24,26,28-31H,3-12,15-18,21-23H2,1-2H3/t24?,26?,28?,29?,30?,31-/m0/s1. The molecule has 1 unspecified atom stereocenters. The van der Waals surface area contributed by atoms with E-state index in [2.05, 4.69) is 26.0 Å². The minimum Gasteiger partial charge on any atom is -0.493 e. The highest BCUT2D eigenvalue weighted by Gasteiger charge is 2.29. The molecule has 3 rings (SSSR count). The Hall–Kier alpha value is -2.18. The van der Waals surface area contributed by atoms with Crippen molar-refractivity contribution in [3.8, 4) is 5.75 Å². The van der Waals surface area contributed by atoms with E-state index in [0.29, 0.717) is 18.4 Å². The lowest BCUT2D eigenvalue weighted by Crippen LogP contribution is -2.30. The number of benzene rings is 1. The van der Waals surface area contributed by atoms with Gasteiger partial charge in [0.15, 0.2) is 12.3 Å². The molecule has 0 radical (unpaired) electrons. The SMILES string of the molecule is CCCCCC(F)C(=O)OC1CCC(COc2ccc(C3CCC(OC(=O)[C@@H](F)CCCCC)CC3)cc2)CC1. The number of ether oxygens (including phenoxy) is 3. The Morgan fingerprint density at radius 2 is 1.20 bits per heavy atom. The summed E-state index contributed by atoms with van der Waals surface area (Å²) in [7, 11) is 0. The lowest BCUT2D eigenvalue weighted by Gasteiger charge is -2.29. The lowest BCUT2D eigenvalue weighted by molar-refractivity contribution is -0.158. The fraction of sp³-hybridized carbons (Fsp3) is 0.758. The Balaban J connectivity index is 1.31. The highest BCUT2D eigenvalue weighted by atomic mass is 19.1. The number of halogens is 2. The van der Waals surface area contributed by atoms with Crippen molar-refractivity contribution in [3.05, 3.63) is 29.8 Å². The van der Waals surface area contributed by atoms with Crippen LogP contribution >= 0.6 is 0 Å². The Kier molecular flexibility index (Phi) is 14.2. The second-order valence-corrected chi connectivity index (χ2v) is 11.8. The van der Waals surface area contributed by atoms with Crippen LogP contribution in [-0.4, -0.2) is 43.1 Å². The number of carbonyl (C=O) groups excluding carboxylic acids is 2. The van der Waals surface area contributed by atoms with Crippen LogP contribution in [0.15, 0.2) is 24.3 Å². The van der Waals surface area contributed by atoms with Gasteiger partial charge in [-0.25, -0.2) is 18.4 Å². The summed E-state index contributed by atoms with van der Waals surface area (Å²) in [5, 5.41) is 0. The Morgan fingerprint density at radius 1 is 0.725 bits per heavy atom. The molecule has 1 aromatic carbocycles. The van der Waals surface area contributed by atoms with E-state index in [9.17, 15) is 18.4 Å². The second-order valence-electron chi connectivity index (χ2n) is 11.8. The van der Waals surface area contributed by atoms with Crippen LogP contribution in [-0.2, 0) is 19.1 Å². The molecule has 2 saturated carbocycles. The maximum atomic E-state index is 14.1. The summed E-state index contributed by atoms with van der Waals surface area (Å²) in [5.74, 6) is 0.250. The average Bonchev–Trinajstić information content (AvgIpc) is 2.97. The fourth-order valence-corrected chi connectivity index (χ4v) is 5.84. The Labute approximate surface area is 239 Å². The molecule has 0 amide bonds. The molecule has 0 N–H and O–H groups in total. The fourth-order valence-electron chi connectivity index (χ4n) is 5.84. The monoisotopic (exact) mass is 564 g/mol. The van der Waals surface area contributed by atoms with E-state index in [4.69, 9.17) is 14.2 Å². The van der Waals surface area contributed by atoms with Gasteiger partial charge < -0.3 is 14.2 Å². The third-order valence-corrected chi connectivity index (χ3v) is 8.50. The predicted molar refractivity (Wildman–Crippen MR) is 153 cm³/mol. The van der Waals surface area contributed by atoms with Gasteiger partial charge in [-0.3, -0.25) is 0 Å². The van der Waals surface area contributed by atoms with Gasteiger partial charge >= 0.3 is 11.9 Å². The van der Waals surface area contributed by atoms with Crippen molar-refractivity contribution in [1.82, 2.24) is 0 Å². The van der Waals surface area contributed by atoms with Crippen LogP contribution in [0.5, 0.6) is 5.75 Å². The zero-order valence-corrected chi connectivity index (χ0v) is 24.6. The first-order chi connectivity index (χ1) is 19.4. The first-order valence-electron chi connectivity index (χ1n) is 15.8. The molecular formula is C33H50F2O5. The molecule has 0 aromatic heterocycles. The van der Waals surface area contributed by atoms with E-state index in [0.717, 1.165) is 95.6 Å². The van der Waals surface area contributed by atoms with Crippen molar-refractivity contribution in [2.75, 3.05) is 6.61 Å². The molecule has 2 atom stereocenters. The third kappa shape index (κ3) is 11.0. The molecule has 0 saturated heterocycles. The van der Waals surface area contributed by atoms with Gasteiger partial charge in [-0.2, -0.15) is 0 Å². The molecule has 40 heavy (non-hydrogen) atoms. The van der Waals surface area contributed by atoms with E-state index in [1.54, 1.807) is 0 Å². The van der Waals surface area contributed by atoms with E-state index in [1.165, 1.54) is 5.56 Å². The highest BCUT2D eigenvalue weighted by molar-refractivity contribution is 5.75. The smallest absolute Gasteiger partial charge is 0.340 e. The molecule has 2 aliphatic rings. The summed E-state index contributed by atoms with van der Waals surface area (Å²) in [5.41, 5.74) is 1.25. The summed E-state index contributed by atoms with van der Waals surface area (Å²) < 4.78 is 45.0. The molecule has 1 aromatic rings. The number of rotatable bonds is 16. The Morgan fingerprint density at radius 3 is 1.68 bits per heavy atom. The summed E-state index contributed by atoms with van der Waals surface area (Å²) in [4.78, 5) is 24.1. The van der Waals surface area contributed by atoms with Crippen molar-refractivity contribution < 1.29 is 32.6 Å². The number of esters is 2. The van der Waals surface area contributed by atoms with Gasteiger partial charge in [0.25, 0.3) is 0 Å². The third-order valence-electron chi connectivity index (χ3n) is 8.50. The first-order valence-corrected chi connectivity index (χ1v) is 15.8. The lowest BCUT2D eigenvalue weighted by atomic mass is 9.82. The molecule has 2 fully saturated rings. The summed E-state index contributed by atoms with van der Waals surface area (Å²) in [6.45, 7) is 4.73. The normalized spacial score (nSPS) is 24.6. The van der Waals surface area contributed by atoms with Crippen molar-refractivity contribution in [2.24, 2.45) is 5.92 Å². The number of alkyl halides is 2. The molecule has 226 valence electrons. The summed E-state index contributed by atoms with van der Waals surface area (Å²) >= 11 is 0. The molecule has 5 nitrogen and oxygen atoms in total. The van der Waals surface area contributed by atoms with E-state index < -0.39 is 24.3 Å². The first kappa shape index (κ1) is 32.3. The number of carbonyl (C=O) groups is 2. The van der Waals surface area contributed by atoms with E-state index in [1.807, 2.05) is 12.1 Å². The molecular weight excluding hydrogens is 514 g/mol. The molecule has 0 bridgehead atoms. The number of unbranched alkanes of at least 4 members (excludes halogenated alkanes) is 4. The Bertz CT molecular complexity index is 860. The number of hydrogen-bond donors (Lipinski definition) is 0. The zero-order chi connectivity index (χ0) is 28.7. The number of hydrogen-bond acceptors (Lipinski definition) is 5. The highest BCUT2D eigenvalue weighted by Crippen LogP contribution is 2.35. The van der Waals surface area contributed by atoms with Gasteiger partial charge in [0, 0.05) is 0 Å². The van der Waals surface area contributed by atoms with Crippen molar-refractivity contribution in [3.63, 3.8) is 0 Å². The van der Waals surface area contributed by atoms with Crippen LogP contribution < -0.4 is 4.74 Å². The molecule has 2 aliphatic carbocycles. The van der Waals surface area contributed by atoms with Gasteiger partial charge in [0.2, 0.25) is 0 Å². The van der Waals surface area contributed by atoms with Crippen LogP contribution in [0.25, 0.3) is 0 Å². The quantitative estimate of drug-likeness (QED) is 0.149. The molecule has 0 spiro atoms. The molecule has 7 heteroatoms. The van der Waals surface area contributed by atoms with Gasteiger partial charge in [-0.15, -0.1) is 0 Å². The van der Waals surface area contributed by atoms with Gasteiger partial charge in [-0.05, 0) is 107 Å². The van der Waals surface area contributed by atoms with Gasteiger partial charge in [0.1, 0.15) is 18.0 Å². The second kappa shape index (κ2) is 17.6. The van der Waals surface area contributed by atoms with Crippen molar-refractivity contribution in [2.45, 2.75) is 147 Å².